The summed E-state index contributed by atoms with van der Waals surface area (Å²) in [6, 6.07) is 7.30. The molecule has 0 saturated heterocycles. The Balaban J connectivity index is 2.25. The van der Waals surface area contributed by atoms with E-state index in [-0.39, 0.29) is 11.3 Å². The second-order valence-electron chi connectivity index (χ2n) is 5.18. The minimum atomic E-state index is -0.708. The molecule has 1 aliphatic rings. The molecule has 0 bridgehead atoms. The van der Waals surface area contributed by atoms with E-state index in [2.05, 4.69) is 12.2 Å². The second kappa shape index (κ2) is 3.91. The number of carbonyl (C=O) groups excluding carboxylic acids is 1. The molecule has 1 fully saturated rings. The fraction of sp³-hybridized carbons (Fsp3) is 0.462. The number of amides is 1. The van der Waals surface area contributed by atoms with Crippen LogP contribution in [0.2, 0.25) is 5.02 Å². The molecule has 92 valence electrons. The number of benzene rings is 1. The van der Waals surface area contributed by atoms with E-state index in [1.165, 1.54) is 0 Å². The van der Waals surface area contributed by atoms with Gasteiger partial charge in [0.15, 0.2) is 0 Å². The standard InChI is InChI=1S/C13H17ClN2O/c1-12(7-8-12)13(2,11(15)17)16-10-5-3-9(14)4-6-10/h3-6,16H,7-8H2,1-2H3,(H2,15,17). The Bertz CT molecular complexity index is 439. The van der Waals surface area contributed by atoms with Gasteiger partial charge in [0.2, 0.25) is 5.91 Å². The Hall–Kier alpha value is -1.22. The molecule has 1 atom stereocenters. The van der Waals surface area contributed by atoms with E-state index in [9.17, 15) is 4.79 Å². The van der Waals surface area contributed by atoms with Gasteiger partial charge in [-0.2, -0.15) is 0 Å². The van der Waals surface area contributed by atoms with E-state index < -0.39 is 5.54 Å². The highest BCUT2D eigenvalue weighted by Crippen LogP contribution is 2.54. The van der Waals surface area contributed by atoms with Gasteiger partial charge < -0.3 is 11.1 Å². The Morgan fingerprint density at radius 3 is 2.35 bits per heavy atom. The average Bonchev–Trinajstić information content (AvgIpc) is 3.01. The number of nitrogens with one attached hydrogen (secondary N) is 1. The third-order valence-corrected chi connectivity index (χ3v) is 4.19. The van der Waals surface area contributed by atoms with Crippen LogP contribution in [0.3, 0.4) is 0 Å². The number of carbonyl (C=O) groups is 1. The summed E-state index contributed by atoms with van der Waals surface area (Å²) in [5.41, 5.74) is 5.66. The van der Waals surface area contributed by atoms with Crippen molar-refractivity contribution >= 4 is 23.2 Å². The zero-order valence-electron chi connectivity index (χ0n) is 10.1. The quantitative estimate of drug-likeness (QED) is 0.866. The fourth-order valence-electron chi connectivity index (χ4n) is 2.02. The van der Waals surface area contributed by atoms with Crippen LogP contribution >= 0.6 is 11.6 Å². The highest BCUT2D eigenvalue weighted by molar-refractivity contribution is 6.30. The fourth-order valence-corrected chi connectivity index (χ4v) is 2.15. The average molecular weight is 253 g/mol. The smallest absolute Gasteiger partial charge is 0.243 e. The molecule has 3 nitrogen and oxygen atoms in total. The first-order valence-electron chi connectivity index (χ1n) is 5.71. The molecule has 2 rings (SSSR count). The number of rotatable bonds is 4. The van der Waals surface area contributed by atoms with Gasteiger partial charge in [0.25, 0.3) is 0 Å². The van der Waals surface area contributed by atoms with E-state index in [0.717, 1.165) is 18.5 Å². The molecule has 0 aliphatic heterocycles. The predicted molar refractivity (Wildman–Crippen MR) is 70.0 cm³/mol. The first-order chi connectivity index (χ1) is 7.87. The summed E-state index contributed by atoms with van der Waals surface area (Å²) >= 11 is 5.83. The van der Waals surface area contributed by atoms with Gasteiger partial charge in [-0.15, -0.1) is 0 Å². The number of hydrogen-bond donors (Lipinski definition) is 2. The normalized spacial score (nSPS) is 20.4. The number of nitrogens with two attached hydrogens (primary N) is 1. The maximum Gasteiger partial charge on any atom is 0.243 e. The van der Waals surface area contributed by atoms with Gasteiger partial charge in [-0.3, -0.25) is 4.79 Å². The van der Waals surface area contributed by atoms with Crippen LogP contribution in [-0.4, -0.2) is 11.4 Å². The summed E-state index contributed by atoms with van der Waals surface area (Å²) in [5.74, 6) is -0.313. The van der Waals surface area contributed by atoms with E-state index in [4.69, 9.17) is 17.3 Å². The molecule has 0 radical (unpaired) electrons. The van der Waals surface area contributed by atoms with Crippen molar-refractivity contribution in [3.63, 3.8) is 0 Å². The maximum atomic E-state index is 11.7. The maximum absolute atomic E-state index is 11.7. The minimum absolute atomic E-state index is 0.0432. The van der Waals surface area contributed by atoms with Crippen LogP contribution in [0.15, 0.2) is 24.3 Å². The van der Waals surface area contributed by atoms with Gasteiger partial charge in [0, 0.05) is 10.7 Å². The van der Waals surface area contributed by atoms with Crippen LogP contribution in [0.25, 0.3) is 0 Å². The largest absolute Gasteiger partial charge is 0.371 e. The predicted octanol–water partition coefficient (Wildman–Crippen LogP) is 2.80. The molecule has 1 amide bonds. The Labute approximate surface area is 106 Å². The Morgan fingerprint density at radius 1 is 1.41 bits per heavy atom. The number of halogens is 1. The van der Waals surface area contributed by atoms with Crippen molar-refractivity contribution in [3.8, 4) is 0 Å². The molecule has 1 aromatic carbocycles. The lowest BCUT2D eigenvalue weighted by molar-refractivity contribution is -0.123. The van der Waals surface area contributed by atoms with Gasteiger partial charge >= 0.3 is 0 Å². The zero-order valence-corrected chi connectivity index (χ0v) is 10.8. The lowest BCUT2D eigenvalue weighted by Gasteiger charge is -2.35. The van der Waals surface area contributed by atoms with Crippen LogP contribution in [0, 0.1) is 5.41 Å². The first kappa shape index (κ1) is 12.2. The molecule has 4 heteroatoms. The number of primary amides is 1. The highest BCUT2D eigenvalue weighted by atomic mass is 35.5. The molecule has 0 heterocycles. The zero-order chi connectivity index (χ0) is 12.7. The summed E-state index contributed by atoms with van der Waals surface area (Å²) in [4.78, 5) is 11.7. The topological polar surface area (TPSA) is 55.1 Å². The van der Waals surface area contributed by atoms with Crippen molar-refractivity contribution in [1.82, 2.24) is 0 Å². The number of anilines is 1. The molecule has 0 spiro atoms. The van der Waals surface area contributed by atoms with Crippen molar-refractivity contribution in [2.45, 2.75) is 32.2 Å². The van der Waals surface area contributed by atoms with Crippen LogP contribution in [0.4, 0.5) is 5.69 Å². The van der Waals surface area contributed by atoms with Crippen LogP contribution in [0.5, 0.6) is 0 Å². The molecule has 1 aromatic rings. The van der Waals surface area contributed by atoms with Crippen molar-refractivity contribution < 1.29 is 4.79 Å². The number of hydrogen-bond acceptors (Lipinski definition) is 2. The van der Waals surface area contributed by atoms with Gasteiger partial charge in [-0.05, 0) is 49.4 Å². The van der Waals surface area contributed by atoms with E-state index in [1.807, 2.05) is 19.1 Å². The van der Waals surface area contributed by atoms with Crippen LogP contribution in [0.1, 0.15) is 26.7 Å². The third kappa shape index (κ3) is 2.12. The molecular formula is C13H17ClN2O. The third-order valence-electron chi connectivity index (χ3n) is 3.94. The molecule has 1 unspecified atom stereocenters. The summed E-state index contributed by atoms with van der Waals surface area (Å²) < 4.78 is 0. The molecule has 3 N–H and O–H groups in total. The van der Waals surface area contributed by atoms with Crippen molar-refractivity contribution in [3.05, 3.63) is 29.3 Å². The first-order valence-corrected chi connectivity index (χ1v) is 6.09. The molecule has 0 aromatic heterocycles. The van der Waals surface area contributed by atoms with Crippen molar-refractivity contribution in [2.24, 2.45) is 11.1 Å². The summed E-state index contributed by atoms with van der Waals surface area (Å²) in [6.45, 7) is 3.96. The summed E-state index contributed by atoms with van der Waals surface area (Å²) in [7, 11) is 0. The van der Waals surface area contributed by atoms with E-state index >= 15 is 0 Å². The lowest BCUT2D eigenvalue weighted by Crippen LogP contribution is -2.54. The summed E-state index contributed by atoms with van der Waals surface area (Å²) in [6.07, 6.45) is 2.04. The molecule has 1 aliphatic carbocycles. The lowest BCUT2D eigenvalue weighted by atomic mass is 9.83. The molecule has 1 saturated carbocycles. The Morgan fingerprint density at radius 2 is 1.94 bits per heavy atom. The highest BCUT2D eigenvalue weighted by Gasteiger charge is 2.56. The minimum Gasteiger partial charge on any atom is -0.371 e. The van der Waals surface area contributed by atoms with Gasteiger partial charge in [-0.1, -0.05) is 18.5 Å². The molecule has 17 heavy (non-hydrogen) atoms. The monoisotopic (exact) mass is 252 g/mol. The van der Waals surface area contributed by atoms with Crippen LogP contribution < -0.4 is 11.1 Å². The van der Waals surface area contributed by atoms with Crippen molar-refractivity contribution in [2.75, 3.05) is 5.32 Å². The van der Waals surface area contributed by atoms with E-state index in [1.54, 1.807) is 12.1 Å². The second-order valence-corrected chi connectivity index (χ2v) is 5.62. The molecular weight excluding hydrogens is 236 g/mol. The van der Waals surface area contributed by atoms with Gasteiger partial charge in [0.1, 0.15) is 5.54 Å². The van der Waals surface area contributed by atoms with Gasteiger partial charge in [-0.25, -0.2) is 0 Å². The van der Waals surface area contributed by atoms with Crippen LogP contribution in [-0.2, 0) is 4.79 Å². The SMILES string of the molecule is CC1(C(C)(Nc2ccc(Cl)cc2)C(N)=O)CC1. The van der Waals surface area contributed by atoms with Crippen molar-refractivity contribution in [1.29, 1.82) is 0 Å². The Kier molecular flexibility index (Phi) is 2.82. The van der Waals surface area contributed by atoms with Gasteiger partial charge in [0.05, 0.1) is 0 Å². The van der Waals surface area contributed by atoms with E-state index in [0.29, 0.717) is 5.02 Å². The summed E-state index contributed by atoms with van der Waals surface area (Å²) in [5, 5.41) is 3.93.